The predicted octanol–water partition coefficient (Wildman–Crippen LogP) is 1.59. The molecule has 1 aromatic carbocycles. The molecule has 2 amide bonds. The molecule has 0 saturated heterocycles. The van der Waals surface area contributed by atoms with E-state index in [4.69, 9.17) is 34.4 Å². The molecule has 0 aliphatic carbocycles. The Morgan fingerprint density at radius 2 is 2.00 bits per heavy atom. The minimum absolute atomic E-state index is 0.0372. The second-order valence-corrected chi connectivity index (χ2v) is 4.68. The van der Waals surface area contributed by atoms with Crippen LogP contribution in [0.25, 0.3) is 0 Å². The van der Waals surface area contributed by atoms with Crippen LogP contribution in [0, 0.1) is 12.3 Å². The number of carbonyl (C=O) groups excluding carboxylic acids is 2. The maximum atomic E-state index is 11.3. The number of halogens is 2. The van der Waals surface area contributed by atoms with Gasteiger partial charge in [-0.05, 0) is 24.6 Å². The van der Waals surface area contributed by atoms with Gasteiger partial charge in [-0.25, -0.2) is 5.43 Å². The van der Waals surface area contributed by atoms with Crippen molar-refractivity contribution in [1.82, 2.24) is 10.7 Å². The Morgan fingerprint density at radius 3 is 2.55 bits per heavy atom. The van der Waals surface area contributed by atoms with Gasteiger partial charge in [0.1, 0.15) is 6.61 Å². The van der Waals surface area contributed by atoms with Gasteiger partial charge in [0.15, 0.2) is 5.75 Å². The Labute approximate surface area is 137 Å². The van der Waals surface area contributed by atoms with Crippen LogP contribution in [-0.4, -0.2) is 31.2 Å². The van der Waals surface area contributed by atoms with Crippen molar-refractivity contribution >= 4 is 41.2 Å². The maximum absolute atomic E-state index is 11.3. The normalized spacial score (nSPS) is 10.1. The average molecular weight is 342 g/mol. The number of likely N-dealkylation sites (N-methyl/N-ethyl adjacent to an activating group) is 1. The first-order valence-electron chi connectivity index (χ1n) is 6.16. The van der Waals surface area contributed by atoms with E-state index >= 15 is 0 Å². The van der Waals surface area contributed by atoms with Crippen molar-refractivity contribution in [3.05, 3.63) is 27.7 Å². The van der Waals surface area contributed by atoms with Crippen molar-refractivity contribution in [2.75, 3.05) is 13.2 Å². The summed E-state index contributed by atoms with van der Waals surface area (Å²) in [6, 6.07) is 3.06. The van der Waals surface area contributed by atoms with E-state index in [2.05, 4.69) is 21.8 Å². The number of ether oxygens (including phenoxy) is 1. The van der Waals surface area contributed by atoms with Crippen molar-refractivity contribution in [2.45, 2.75) is 6.92 Å². The molecule has 0 radical (unpaired) electrons. The summed E-state index contributed by atoms with van der Waals surface area (Å²) in [6.07, 6.45) is 6.38. The van der Waals surface area contributed by atoms with Crippen LogP contribution in [0.2, 0.25) is 10.0 Å². The van der Waals surface area contributed by atoms with Crippen LogP contribution in [0.1, 0.15) is 12.5 Å². The van der Waals surface area contributed by atoms with E-state index in [-0.39, 0.29) is 22.4 Å². The summed E-state index contributed by atoms with van der Waals surface area (Å²) in [5.74, 6) is 0.929. The van der Waals surface area contributed by atoms with Crippen molar-refractivity contribution in [1.29, 1.82) is 0 Å². The Bertz CT molecular complexity index is 616. The summed E-state index contributed by atoms with van der Waals surface area (Å²) in [5, 5.41) is 6.48. The summed E-state index contributed by atoms with van der Waals surface area (Å²) in [6.45, 7) is 2.08. The summed E-state index contributed by atoms with van der Waals surface area (Å²) >= 11 is 12.0. The lowest BCUT2D eigenvalue weighted by Crippen LogP contribution is -2.37. The molecule has 1 aromatic rings. The van der Waals surface area contributed by atoms with Crippen LogP contribution in [0.5, 0.6) is 5.75 Å². The third kappa shape index (κ3) is 5.28. The van der Waals surface area contributed by atoms with Crippen molar-refractivity contribution in [3.63, 3.8) is 0 Å². The molecule has 0 saturated carbocycles. The molecule has 0 aliphatic rings. The number of hydrogen-bond acceptors (Lipinski definition) is 4. The molecule has 2 N–H and O–H groups in total. The molecule has 116 valence electrons. The van der Waals surface area contributed by atoms with Crippen LogP contribution in [-0.2, 0) is 9.59 Å². The lowest BCUT2D eigenvalue weighted by molar-refractivity contribution is -0.139. The quantitative estimate of drug-likeness (QED) is 0.369. The monoisotopic (exact) mass is 341 g/mol. The van der Waals surface area contributed by atoms with Crippen LogP contribution < -0.4 is 15.5 Å². The highest BCUT2D eigenvalue weighted by molar-refractivity contribution is 6.37. The van der Waals surface area contributed by atoms with E-state index in [9.17, 15) is 9.59 Å². The molecule has 0 unspecified atom stereocenters. The van der Waals surface area contributed by atoms with Crippen LogP contribution in [0.4, 0.5) is 0 Å². The maximum Gasteiger partial charge on any atom is 0.329 e. The van der Waals surface area contributed by atoms with Crippen LogP contribution >= 0.6 is 23.2 Å². The molecule has 0 heterocycles. The van der Waals surface area contributed by atoms with Gasteiger partial charge in [0.2, 0.25) is 0 Å². The van der Waals surface area contributed by atoms with Crippen molar-refractivity contribution < 1.29 is 14.3 Å². The highest BCUT2D eigenvalue weighted by Gasteiger charge is 2.11. The first kappa shape index (κ1) is 17.8. The van der Waals surface area contributed by atoms with Crippen LogP contribution in [0.3, 0.4) is 0 Å². The van der Waals surface area contributed by atoms with Gasteiger partial charge in [-0.3, -0.25) is 9.59 Å². The number of hydrazone groups is 1. The van der Waals surface area contributed by atoms with E-state index in [0.29, 0.717) is 12.1 Å². The molecule has 8 heteroatoms. The SMILES string of the molecule is C#CCOc1c(Cl)cc(/C=N\NC(=O)C(=O)NCC)cc1Cl. The second-order valence-electron chi connectivity index (χ2n) is 3.87. The number of benzene rings is 1. The molecule has 0 aromatic heterocycles. The van der Waals surface area contributed by atoms with E-state index < -0.39 is 11.8 Å². The first-order chi connectivity index (χ1) is 10.5. The number of rotatable bonds is 5. The molecule has 1 rings (SSSR count). The predicted molar refractivity (Wildman–Crippen MR) is 85.2 cm³/mol. The van der Waals surface area contributed by atoms with Gasteiger partial charge in [0.25, 0.3) is 0 Å². The number of nitrogens with zero attached hydrogens (tertiary/aromatic N) is 1. The molecule has 6 nitrogen and oxygen atoms in total. The standard InChI is InChI=1S/C14H13Cl2N3O3/c1-3-5-22-12-10(15)6-9(7-11(12)16)8-18-19-14(21)13(20)17-4-2/h1,6-8H,4-5H2,2H3,(H,17,20)(H,19,21)/b18-8-. The van der Waals surface area contributed by atoms with Gasteiger partial charge < -0.3 is 10.1 Å². The smallest absolute Gasteiger partial charge is 0.329 e. The van der Waals surface area contributed by atoms with E-state index in [1.807, 2.05) is 0 Å². The van der Waals surface area contributed by atoms with Gasteiger partial charge in [0, 0.05) is 6.54 Å². The fourth-order valence-corrected chi connectivity index (χ4v) is 1.98. The van der Waals surface area contributed by atoms with Gasteiger partial charge in [-0.2, -0.15) is 5.10 Å². The van der Waals surface area contributed by atoms with Gasteiger partial charge >= 0.3 is 11.8 Å². The van der Waals surface area contributed by atoms with Crippen LogP contribution in [0.15, 0.2) is 17.2 Å². The third-order valence-electron chi connectivity index (χ3n) is 2.24. The van der Waals surface area contributed by atoms with E-state index in [1.54, 1.807) is 6.92 Å². The number of hydrogen-bond donors (Lipinski definition) is 2. The van der Waals surface area contributed by atoms with Crippen molar-refractivity contribution in [3.8, 4) is 18.1 Å². The molecule has 0 fully saturated rings. The number of nitrogens with one attached hydrogen (secondary N) is 2. The molecule has 22 heavy (non-hydrogen) atoms. The minimum atomic E-state index is -0.871. The first-order valence-corrected chi connectivity index (χ1v) is 6.91. The Kier molecular flexibility index (Phi) is 7.23. The largest absolute Gasteiger partial charge is 0.478 e. The molecular formula is C14H13Cl2N3O3. The van der Waals surface area contributed by atoms with Gasteiger partial charge in [0.05, 0.1) is 16.3 Å². The summed E-state index contributed by atoms with van der Waals surface area (Å²) in [4.78, 5) is 22.5. The minimum Gasteiger partial charge on any atom is -0.478 e. The molecule has 0 spiro atoms. The lowest BCUT2D eigenvalue weighted by Gasteiger charge is -2.08. The summed E-state index contributed by atoms with van der Waals surface area (Å²) in [7, 11) is 0. The Hall–Kier alpha value is -2.23. The zero-order chi connectivity index (χ0) is 16.5. The zero-order valence-electron chi connectivity index (χ0n) is 11.7. The lowest BCUT2D eigenvalue weighted by atomic mass is 10.2. The second kappa shape index (κ2) is 8.93. The number of amides is 2. The van der Waals surface area contributed by atoms with Gasteiger partial charge in [-0.15, -0.1) is 6.42 Å². The molecule has 0 bridgehead atoms. The fraction of sp³-hybridized carbons (Fsp3) is 0.214. The third-order valence-corrected chi connectivity index (χ3v) is 2.81. The zero-order valence-corrected chi connectivity index (χ0v) is 13.2. The molecule has 0 atom stereocenters. The Morgan fingerprint density at radius 1 is 1.36 bits per heavy atom. The molecule has 0 aliphatic heterocycles. The number of carbonyl (C=O) groups is 2. The van der Waals surface area contributed by atoms with Crippen molar-refractivity contribution in [2.24, 2.45) is 5.10 Å². The average Bonchev–Trinajstić information content (AvgIpc) is 2.46. The van der Waals surface area contributed by atoms with Gasteiger partial charge in [-0.1, -0.05) is 29.1 Å². The summed E-state index contributed by atoms with van der Waals surface area (Å²) < 4.78 is 5.21. The topological polar surface area (TPSA) is 79.8 Å². The van der Waals surface area contributed by atoms with E-state index in [0.717, 1.165) is 0 Å². The highest BCUT2D eigenvalue weighted by Crippen LogP contribution is 2.33. The highest BCUT2D eigenvalue weighted by atomic mass is 35.5. The fourth-order valence-electron chi connectivity index (χ4n) is 1.36. The number of terminal acetylenes is 1. The van der Waals surface area contributed by atoms with E-state index in [1.165, 1.54) is 18.3 Å². The Balaban J connectivity index is 2.75. The molecular weight excluding hydrogens is 329 g/mol. The summed E-state index contributed by atoms with van der Waals surface area (Å²) in [5.41, 5.74) is 2.59.